The summed E-state index contributed by atoms with van der Waals surface area (Å²) < 4.78 is 0. The molecule has 0 spiro atoms. The Morgan fingerprint density at radius 3 is 2.55 bits per heavy atom. The Morgan fingerprint density at radius 1 is 1.36 bits per heavy atom. The molecule has 0 aromatic rings. The molecule has 1 unspecified atom stereocenters. The molecule has 0 saturated heterocycles. The van der Waals surface area contributed by atoms with E-state index in [0.29, 0.717) is 0 Å². The van der Waals surface area contributed by atoms with Gasteiger partial charge in [0, 0.05) is 0 Å². The Hall–Kier alpha value is -0.100. The number of hydrogen-bond acceptors (Lipinski definition) is 0. The first-order valence-electron chi connectivity index (χ1n) is 4.32. The van der Waals surface area contributed by atoms with Gasteiger partial charge in [0.1, 0.15) is 15.7 Å². The van der Waals surface area contributed by atoms with E-state index < -0.39 is 0 Å². The average Bonchev–Trinajstić information content (AvgIpc) is 2.04. The number of alkyl halides is 1. The monoisotopic (exact) mass is 166 g/mol. The molecular weight excluding hydrogens is 153 g/mol. The van der Waals surface area contributed by atoms with E-state index in [2.05, 4.69) is 27.8 Å². The summed E-state index contributed by atoms with van der Waals surface area (Å²) in [5.41, 5.74) is 2.93. The summed E-state index contributed by atoms with van der Waals surface area (Å²) in [6.07, 6.45) is 7.73. The molecule has 3 heteroatoms. The van der Waals surface area contributed by atoms with Gasteiger partial charge in [-0.25, -0.2) is 0 Å². The van der Waals surface area contributed by atoms with E-state index in [-0.39, 0.29) is 5.38 Å². The maximum Gasteiger partial charge on any atom is 0.107 e. The van der Waals surface area contributed by atoms with Gasteiger partial charge in [0.05, 0.1) is 5.38 Å². The molecule has 0 saturated carbocycles. The quantitative estimate of drug-likeness (QED) is 0.423. The second kappa shape index (κ2) is 4.06. The van der Waals surface area contributed by atoms with Crippen molar-refractivity contribution in [3.8, 4) is 0 Å². The van der Waals surface area contributed by atoms with Gasteiger partial charge in [0.25, 0.3) is 0 Å². The molecule has 1 atom stereocenters. The molecule has 0 N–H and O–H groups in total. The third kappa shape index (κ3) is 2.16. The Kier molecular flexibility index (Phi) is 3.32. The van der Waals surface area contributed by atoms with E-state index in [1.807, 2.05) is 0 Å². The zero-order chi connectivity index (χ0) is 8.27. The van der Waals surface area contributed by atoms with Crippen LogP contribution in [0.4, 0.5) is 0 Å². The fraction of sp³-hybridized carbons (Fsp3) is 0.500. The lowest BCUT2D eigenvalue weighted by molar-refractivity contribution is 0.996. The molecule has 1 aliphatic rings. The van der Waals surface area contributed by atoms with E-state index in [9.17, 15) is 0 Å². The van der Waals surface area contributed by atoms with Crippen LogP contribution >= 0.6 is 11.6 Å². The van der Waals surface area contributed by atoms with Crippen LogP contribution in [0.1, 0.15) is 6.42 Å². The minimum absolute atomic E-state index is 0.236. The summed E-state index contributed by atoms with van der Waals surface area (Å²) >= 11 is 5.99. The highest BCUT2D eigenvalue weighted by atomic mass is 35.5. The maximum atomic E-state index is 5.99. The summed E-state index contributed by atoms with van der Waals surface area (Å²) in [6, 6.07) is 0. The molecule has 0 aliphatic heterocycles. The van der Waals surface area contributed by atoms with E-state index in [1.54, 1.807) is 0 Å². The molecule has 0 bridgehead atoms. The molecule has 0 nitrogen and oxygen atoms in total. The molecule has 0 amide bonds. The number of allylic oxidation sites excluding steroid dienone is 4. The predicted octanol–water partition coefficient (Wildman–Crippen LogP) is 0.953. The Balaban J connectivity index is 2.74. The predicted molar refractivity (Wildman–Crippen MR) is 57.1 cm³/mol. The molecule has 11 heavy (non-hydrogen) atoms. The van der Waals surface area contributed by atoms with Crippen LogP contribution in [0, 0.1) is 0 Å². The van der Waals surface area contributed by atoms with Gasteiger partial charge < -0.3 is 0 Å². The summed E-state index contributed by atoms with van der Waals surface area (Å²) in [5, 5.41) is 0.236. The van der Waals surface area contributed by atoms with Gasteiger partial charge in [-0.2, -0.15) is 0 Å². The van der Waals surface area contributed by atoms with E-state index in [1.165, 1.54) is 11.1 Å². The first-order chi connectivity index (χ1) is 5.27. The van der Waals surface area contributed by atoms with Crippen molar-refractivity contribution in [1.29, 1.82) is 0 Å². The van der Waals surface area contributed by atoms with Gasteiger partial charge in [-0.3, -0.25) is 0 Å². The lowest BCUT2D eigenvalue weighted by Crippen LogP contribution is -2.03. The zero-order valence-electron chi connectivity index (χ0n) is 7.23. The Morgan fingerprint density at radius 2 is 2.00 bits per heavy atom. The molecule has 0 fully saturated rings. The van der Waals surface area contributed by atoms with E-state index in [4.69, 9.17) is 11.6 Å². The van der Waals surface area contributed by atoms with Crippen molar-refractivity contribution in [2.45, 2.75) is 24.4 Å². The summed E-state index contributed by atoms with van der Waals surface area (Å²) in [6.45, 7) is 0. The van der Waals surface area contributed by atoms with Crippen LogP contribution in [0.2, 0.25) is 12.6 Å². The van der Waals surface area contributed by atoms with Gasteiger partial charge >= 0.3 is 0 Å². The smallest absolute Gasteiger partial charge is 0.107 e. The number of hydrogen-bond donors (Lipinski definition) is 0. The number of halogens is 1. The van der Waals surface area contributed by atoms with Crippen LogP contribution < -0.4 is 0 Å². The van der Waals surface area contributed by atoms with Crippen molar-refractivity contribution in [2.75, 3.05) is 0 Å². The lowest BCUT2D eigenvalue weighted by atomic mass is 9.81. The van der Waals surface area contributed by atoms with Crippen LogP contribution in [-0.4, -0.2) is 21.1 Å². The highest BCUT2D eigenvalue weighted by Crippen LogP contribution is 2.25. The molecule has 0 aromatic carbocycles. The van der Waals surface area contributed by atoms with Crippen molar-refractivity contribution in [1.82, 2.24) is 0 Å². The normalized spacial score (nSPS) is 24.3. The SMILES string of the molecule is BCC1=CCC(Cl)C=C1CB. The van der Waals surface area contributed by atoms with Crippen molar-refractivity contribution < 1.29 is 0 Å². The van der Waals surface area contributed by atoms with Crippen LogP contribution in [-0.2, 0) is 0 Å². The molecule has 0 heterocycles. The summed E-state index contributed by atoms with van der Waals surface area (Å²) in [4.78, 5) is 0. The minimum Gasteiger partial charge on any atom is -0.118 e. The number of rotatable bonds is 2. The van der Waals surface area contributed by atoms with Gasteiger partial charge in [0.2, 0.25) is 0 Å². The first-order valence-corrected chi connectivity index (χ1v) is 4.75. The highest BCUT2D eigenvalue weighted by Gasteiger charge is 2.10. The second-order valence-corrected chi connectivity index (χ2v) is 3.44. The van der Waals surface area contributed by atoms with Crippen LogP contribution in [0.25, 0.3) is 0 Å². The fourth-order valence-electron chi connectivity index (χ4n) is 1.50. The zero-order valence-corrected chi connectivity index (χ0v) is 7.99. The molecule has 0 radical (unpaired) electrons. The van der Waals surface area contributed by atoms with Crippen LogP contribution in [0.15, 0.2) is 23.3 Å². The highest BCUT2D eigenvalue weighted by molar-refractivity contribution is 6.22. The van der Waals surface area contributed by atoms with Crippen LogP contribution in [0.5, 0.6) is 0 Å². The van der Waals surface area contributed by atoms with Crippen molar-refractivity contribution in [3.63, 3.8) is 0 Å². The minimum atomic E-state index is 0.236. The van der Waals surface area contributed by atoms with Gasteiger partial charge in [-0.1, -0.05) is 35.9 Å². The fourth-order valence-corrected chi connectivity index (χ4v) is 1.74. The Labute approximate surface area is 75.5 Å². The molecular formula is C8H13B2Cl. The van der Waals surface area contributed by atoms with E-state index >= 15 is 0 Å². The molecule has 0 aromatic heterocycles. The van der Waals surface area contributed by atoms with Gasteiger partial charge in [-0.05, 0) is 6.42 Å². The molecule has 58 valence electrons. The average molecular weight is 166 g/mol. The maximum absolute atomic E-state index is 5.99. The first kappa shape index (κ1) is 8.99. The van der Waals surface area contributed by atoms with E-state index in [0.717, 1.165) is 19.1 Å². The third-order valence-corrected chi connectivity index (χ3v) is 2.45. The van der Waals surface area contributed by atoms with Crippen molar-refractivity contribution in [3.05, 3.63) is 23.3 Å². The van der Waals surface area contributed by atoms with Gasteiger partial charge in [0.15, 0.2) is 0 Å². The lowest BCUT2D eigenvalue weighted by Gasteiger charge is -2.16. The standard InChI is InChI=1S/C8H13B2Cl/c9-4-6-1-2-8(11)3-7(6)5-10/h1,3,8H,2,4-5,9-10H2. The van der Waals surface area contributed by atoms with Crippen LogP contribution in [0.3, 0.4) is 0 Å². The third-order valence-electron chi connectivity index (χ3n) is 2.15. The largest absolute Gasteiger partial charge is 0.118 e. The van der Waals surface area contributed by atoms with Gasteiger partial charge in [-0.15, -0.1) is 11.6 Å². The van der Waals surface area contributed by atoms with Crippen molar-refractivity contribution >= 4 is 27.3 Å². The molecule has 1 aliphatic carbocycles. The van der Waals surface area contributed by atoms with Crippen molar-refractivity contribution in [2.24, 2.45) is 0 Å². The molecule has 1 rings (SSSR count). The summed E-state index contributed by atoms with van der Waals surface area (Å²) in [5.74, 6) is 0. The Bertz CT molecular complexity index is 196. The topological polar surface area (TPSA) is 0 Å². The summed E-state index contributed by atoms with van der Waals surface area (Å²) in [7, 11) is 4.38. The second-order valence-electron chi connectivity index (χ2n) is 2.88.